The lowest BCUT2D eigenvalue weighted by molar-refractivity contribution is 0.0942. The average molecular weight is 430 g/mol. The van der Waals surface area contributed by atoms with Crippen molar-refractivity contribution >= 4 is 22.6 Å². The van der Waals surface area contributed by atoms with Crippen molar-refractivity contribution in [2.45, 2.75) is 84.0 Å². The van der Waals surface area contributed by atoms with E-state index in [0.717, 1.165) is 18.2 Å². The van der Waals surface area contributed by atoms with Gasteiger partial charge >= 0.3 is 0 Å². The van der Waals surface area contributed by atoms with Crippen molar-refractivity contribution in [3.8, 4) is 0 Å². The highest BCUT2D eigenvalue weighted by atomic mass is 19.1. The number of nitrogens with two attached hydrogens (primary N) is 1. The van der Waals surface area contributed by atoms with Crippen LogP contribution >= 0.6 is 0 Å². The zero-order valence-electron chi connectivity index (χ0n) is 18.9. The predicted octanol–water partition coefficient (Wildman–Crippen LogP) is 4.22. The number of halogens is 1. The number of nitrogens with zero attached hydrogens (tertiary/aromatic N) is 1. The lowest BCUT2D eigenvalue weighted by Gasteiger charge is -2.28. The van der Waals surface area contributed by atoms with Crippen LogP contribution in [0.25, 0.3) is 10.9 Å². The maximum absolute atomic E-state index is 14.1. The number of anilines is 1. The maximum atomic E-state index is 14.1. The third kappa shape index (κ3) is 6.14. The van der Waals surface area contributed by atoms with Crippen molar-refractivity contribution in [2.24, 2.45) is 5.73 Å². The van der Waals surface area contributed by atoms with Gasteiger partial charge in [0.25, 0.3) is 5.91 Å². The van der Waals surface area contributed by atoms with Crippen molar-refractivity contribution in [1.29, 1.82) is 0 Å². The number of aromatic nitrogens is 1. The molecule has 0 saturated heterocycles. The minimum Gasteiger partial charge on any atom is -0.369 e. The quantitative estimate of drug-likeness (QED) is 0.448. The van der Waals surface area contributed by atoms with Crippen molar-refractivity contribution < 1.29 is 9.18 Å². The third-order valence-electron chi connectivity index (χ3n) is 6.13. The Morgan fingerprint density at radius 1 is 1.29 bits per heavy atom. The van der Waals surface area contributed by atoms with Crippen LogP contribution in [-0.2, 0) is 0 Å². The Kier molecular flexibility index (Phi) is 8.21. The summed E-state index contributed by atoms with van der Waals surface area (Å²) >= 11 is 0. The van der Waals surface area contributed by atoms with Crippen LogP contribution < -0.4 is 21.7 Å². The minimum atomic E-state index is -0.477. The molecule has 1 aliphatic rings. The molecule has 1 fully saturated rings. The van der Waals surface area contributed by atoms with Gasteiger partial charge in [-0.25, -0.2) is 9.37 Å². The number of carbonyl (C=O) groups excluding carboxylic acids is 1. The SMILES string of the molecule is CCC(CCNc1nc2c(C)c(F)ccc2cc1C(=O)NC(C)N)NC1CCCCC1. The number of nitrogens with one attached hydrogen (secondary N) is 3. The molecule has 0 aliphatic heterocycles. The van der Waals surface area contributed by atoms with Crippen molar-refractivity contribution in [3.05, 3.63) is 35.1 Å². The number of aryl methyl sites for hydroxylation is 1. The van der Waals surface area contributed by atoms with E-state index in [0.29, 0.717) is 41.1 Å². The van der Waals surface area contributed by atoms with Gasteiger partial charge in [-0.05, 0) is 57.7 Å². The van der Waals surface area contributed by atoms with Gasteiger partial charge in [-0.15, -0.1) is 0 Å². The largest absolute Gasteiger partial charge is 0.369 e. The predicted molar refractivity (Wildman–Crippen MR) is 125 cm³/mol. The molecule has 1 aromatic carbocycles. The number of amides is 1. The molecule has 2 unspecified atom stereocenters. The summed E-state index contributed by atoms with van der Waals surface area (Å²) in [4.78, 5) is 17.4. The fourth-order valence-corrected chi connectivity index (χ4v) is 4.32. The second-order valence-electron chi connectivity index (χ2n) is 8.71. The van der Waals surface area contributed by atoms with E-state index in [2.05, 4.69) is 27.9 Å². The first kappa shape index (κ1) is 23.4. The monoisotopic (exact) mass is 429 g/mol. The average Bonchev–Trinajstić information content (AvgIpc) is 2.75. The van der Waals surface area contributed by atoms with Gasteiger partial charge in [-0.1, -0.05) is 26.2 Å². The third-order valence-corrected chi connectivity index (χ3v) is 6.13. The molecule has 6 nitrogen and oxygen atoms in total. The molecule has 0 radical (unpaired) electrons. The molecule has 5 N–H and O–H groups in total. The molecule has 1 amide bonds. The van der Waals surface area contributed by atoms with Gasteiger partial charge in [-0.3, -0.25) is 4.79 Å². The molecule has 3 rings (SSSR count). The van der Waals surface area contributed by atoms with Crippen molar-refractivity contribution in [2.75, 3.05) is 11.9 Å². The normalized spacial score (nSPS) is 16.8. The Bertz CT molecular complexity index is 895. The molecule has 1 heterocycles. The summed E-state index contributed by atoms with van der Waals surface area (Å²) in [5.41, 5.74) is 7.21. The van der Waals surface area contributed by atoms with E-state index in [1.165, 1.54) is 38.2 Å². The number of fused-ring (bicyclic) bond motifs is 1. The molecular weight excluding hydrogens is 393 g/mol. The second-order valence-corrected chi connectivity index (χ2v) is 8.71. The van der Waals surface area contributed by atoms with Crippen LogP contribution in [0.15, 0.2) is 18.2 Å². The highest BCUT2D eigenvalue weighted by Gasteiger charge is 2.19. The second kappa shape index (κ2) is 10.9. The van der Waals surface area contributed by atoms with Gasteiger partial charge in [0.2, 0.25) is 0 Å². The van der Waals surface area contributed by atoms with Crippen LogP contribution in [0.2, 0.25) is 0 Å². The van der Waals surface area contributed by atoms with Crippen molar-refractivity contribution in [3.63, 3.8) is 0 Å². The summed E-state index contributed by atoms with van der Waals surface area (Å²) in [6, 6.07) is 5.83. The fourth-order valence-electron chi connectivity index (χ4n) is 4.32. The van der Waals surface area contributed by atoms with Gasteiger partial charge in [0, 0.05) is 29.6 Å². The molecule has 1 aromatic heterocycles. The first-order chi connectivity index (χ1) is 14.9. The van der Waals surface area contributed by atoms with Crippen molar-refractivity contribution in [1.82, 2.24) is 15.6 Å². The lowest BCUT2D eigenvalue weighted by atomic mass is 9.94. The smallest absolute Gasteiger partial charge is 0.256 e. The van der Waals surface area contributed by atoms with Gasteiger partial charge < -0.3 is 21.7 Å². The number of benzene rings is 1. The molecule has 31 heavy (non-hydrogen) atoms. The number of rotatable bonds is 9. The number of carbonyl (C=O) groups is 1. The topological polar surface area (TPSA) is 92.1 Å². The number of hydrogen-bond donors (Lipinski definition) is 4. The van der Waals surface area contributed by atoms with E-state index in [1.54, 1.807) is 26.0 Å². The first-order valence-corrected chi connectivity index (χ1v) is 11.5. The Labute approximate surface area is 184 Å². The Hall–Kier alpha value is -2.25. The zero-order chi connectivity index (χ0) is 22.4. The Morgan fingerprint density at radius 3 is 2.71 bits per heavy atom. The standard InChI is InChI=1S/C24H36FN5O/c1-4-18(29-19-8-6-5-7-9-19)12-13-27-23-20(24(31)28-16(3)26)14-17-10-11-21(25)15(2)22(17)30-23/h10-11,14,16,18-19,29H,4-9,12-13,26H2,1-3H3,(H,27,30)(H,28,31). The molecule has 0 spiro atoms. The molecule has 170 valence electrons. The van der Waals surface area contributed by atoms with Crippen LogP contribution in [0.4, 0.5) is 10.2 Å². The van der Waals surface area contributed by atoms with E-state index < -0.39 is 6.17 Å². The van der Waals surface area contributed by atoms with Gasteiger partial charge in [0.05, 0.1) is 17.2 Å². The van der Waals surface area contributed by atoms with Crippen LogP contribution in [0.3, 0.4) is 0 Å². The number of pyridine rings is 1. The summed E-state index contributed by atoms with van der Waals surface area (Å²) in [7, 11) is 0. The van der Waals surface area contributed by atoms with E-state index in [-0.39, 0.29) is 11.7 Å². The van der Waals surface area contributed by atoms with Crippen LogP contribution in [0, 0.1) is 12.7 Å². The fraction of sp³-hybridized carbons (Fsp3) is 0.583. The van der Waals surface area contributed by atoms with Gasteiger partial charge in [0.1, 0.15) is 11.6 Å². The van der Waals surface area contributed by atoms with E-state index in [9.17, 15) is 9.18 Å². The van der Waals surface area contributed by atoms with Crippen LogP contribution in [-0.4, -0.2) is 35.7 Å². The molecule has 0 bridgehead atoms. The minimum absolute atomic E-state index is 0.291. The maximum Gasteiger partial charge on any atom is 0.256 e. The van der Waals surface area contributed by atoms with E-state index in [4.69, 9.17) is 5.73 Å². The molecule has 1 aliphatic carbocycles. The highest BCUT2D eigenvalue weighted by Crippen LogP contribution is 2.25. The molecule has 1 saturated carbocycles. The number of hydrogen-bond acceptors (Lipinski definition) is 5. The van der Waals surface area contributed by atoms with Gasteiger partial charge in [0.15, 0.2) is 0 Å². The Morgan fingerprint density at radius 2 is 2.03 bits per heavy atom. The zero-order valence-corrected chi connectivity index (χ0v) is 18.9. The molecule has 2 atom stereocenters. The molecular formula is C24H36FN5O. The summed E-state index contributed by atoms with van der Waals surface area (Å²) in [5, 5.41) is 10.6. The van der Waals surface area contributed by atoms with E-state index >= 15 is 0 Å². The summed E-state index contributed by atoms with van der Waals surface area (Å²) in [6.07, 6.45) is 7.95. The lowest BCUT2D eigenvalue weighted by Crippen LogP contribution is -2.40. The molecule has 7 heteroatoms. The van der Waals surface area contributed by atoms with Gasteiger partial charge in [-0.2, -0.15) is 0 Å². The Balaban J connectivity index is 1.76. The summed E-state index contributed by atoms with van der Waals surface area (Å²) in [6.45, 7) is 6.28. The van der Waals surface area contributed by atoms with Crippen LogP contribution in [0.1, 0.15) is 74.7 Å². The van der Waals surface area contributed by atoms with E-state index in [1.807, 2.05) is 0 Å². The highest BCUT2D eigenvalue weighted by molar-refractivity contribution is 6.02. The summed E-state index contributed by atoms with van der Waals surface area (Å²) < 4.78 is 14.1. The van der Waals surface area contributed by atoms with Crippen LogP contribution in [0.5, 0.6) is 0 Å². The summed E-state index contributed by atoms with van der Waals surface area (Å²) in [5.74, 6) is -0.130. The first-order valence-electron chi connectivity index (χ1n) is 11.5. The molecule has 2 aromatic rings.